The van der Waals surface area contributed by atoms with Crippen LogP contribution in [0.5, 0.6) is 5.75 Å². The Kier molecular flexibility index (Phi) is 14.0. The minimum absolute atomic E-state index is 0.00582. The van der Waals surface area contributed by atoms with Crippen LogP contribution in [0.25, 0.3) is 0 Å². The minimum Gasteiger partial charge on any atom is -0.494 e. The second kappa shape index (κ2) is 16.3. The van der Waals surface area contributed by atoms with E-state index in [4.69, 9.17) is 4.74 Å². The Morgan fingerprint density at radius 2 is 1.48 bits per heavy atom. The van der Waals surface area contributed by atoms with Gasteiger partial charge in [0.25, 0.3) is 0 Å². The molecule has 0 aliphatic rings. The number of carbonyl (C=O) groups excluding carboxylic acids is 1. The van der Waals surface area contributed by atoms with Gasteiger partial charge in [0.2, 0.25) is 5.91 Å². The van der Waals surface area contributed by atoms with Crippen LogP contribution in [0, 0.1) is 0 Å². The van der Waals surface area contributed by atoms with Gasteiger partial charge in [0.15, 0.2) is 0 Å². The monoisotopic (exact) mass is 374 g/mol. The van der Waals surface area contributed by atoms with E-state index in [9.17, 15) is 4.79 Å². The molecule has 4 heteroatoms. The highest BCUT2D eigenvalue weighted by Gasteiger charge is 1.99. The Hall–Kier alpha value is -1.84. The highest BCUT2D eigenvalue weighted by Crippen LogP contribution is 2.12. The van der Waals surface area contributed by atoms with Crippen molar-refractivity contribution in [2.75, 3.05) is 6.61 Å². The van der Waals surface area contributed by atoms with E-state index in [2.05, 4.69) is 24.4 Å². The van der Waals surface area contributed by atoms with E-state index < -0.39 is 0 Å². The molecule has 0 aliphatic heterocycles. The first-order chi connectivity index (χ1) is 13.3. The standard InChI is InChI=1S/C23H38N2O2/c1-3-5-7-8-9-10-11-12-13-14-23(26)25-24-20-21-15-17-22(18-16-21)27-19-6-4-2/h15-18,20H,3-14,19H2,1-2H3,(H,25,26)/b24-20-. The first-order valence-electron chi connectivity index (χ1n) is 10.8. The molecule has 0 spiro atoms. The van der Waals surface area contributed by atoms with Crippen molar-refractivity contribution in [3.63, 3.8) is 0 Å². The molecule has 0 saturated carbocycles. The molecule has 0 unspecified atom stereocenters. The summed E-state index contributed by atoms with van der Waals surface area (Å²) >= 11 is 0. The molecule has 0 saturated heterocycles. The fourth-order valence-corrected chi connectivity index (χ4v) is 2.82. The van der Waals surface area contributed by atoms with Crippen molar-refractivity contribution in [2.45, 2.75) is 90.9 Å². The lowest BCUT2D eigenvalue weighted by Crippen LogP contribution is -2.16. The summed E-state index contributed by atoms with van der Waals surface area (Å²) in [5.41, 5.74) is 3.56. The summed E-state index contributed by atoms with van der Waals surface area (Å²) < 4.78 is 5.63. The Morgan fingerprint density at radius 3 is 2.11 bits per heavy atom. The van der Waals surface area contributed by atoms with E-state index in [0.717, 1.165) is 43.6 Å². The zero-order valence-electron chi connectivity index (χ0n) is 17.3. The smallest absolute Gasteiger partial charge is 0.240 e. The largest absolute Gasteiger partial charge is 0.494 e. The second-order valence-electron chi connectivity index (χ2n) is 7.14. The van der Waals surface area contributed by atoms with Crippen molar-refractivity contribution in [2.24, 2.45) is 5.10 Å². The quantitative estimate of drug-likeness (QED) is 0.212. The number of nitrogens with zero attached hydrogens (tertiary/aromatic N) is 1. The van der Waals surface area contributed by atoms with Gasteiger partial charge in [0.05, 0.1) is 12.8 Å². The predicted molar refractivity (Wildman–Crippen MR) is 114 cm³/mol. The normalized spacial score (nSPS) is 11.0. The van der Waals surface area contributed by atoms with Crippen LogP contribution in [0.3, 0.4) is 0 Å². The van der Waals surface area contributed by atoms with E-state index >= 15 is 0 Å². The Labute approximate surface area is 165 Å². The van der Waals surface area contributed by atoms with Gasteiger partial charge in [-0.2, -0.15) is 5.10 Å². The molecule has 0 radical (unpaired) electrons. The number of nitrogens with one attached hydrogen (secondary N) is 1. The number of hydrogen-bond donors (Lipinski definition) is 1. The van der Waals surface area contributed by atoms with Crippen molar-refractivity contribution < 1.29 is 9.53 Å². The van der Waals surface area contributed by atoms with Crippen LogP contribution in [0.15, 0.2) is 29.4 Å². The van der Waals surface area contributed by atoms with Gasteiger partial charge in [0.1, 0.15) is 5.75 Å². The van der Waals surface area contributed by atoms with E-state index in [0.29, 0.717) is 6.42 Å². The number of hydrazone groups is 1. The molecule has 4 nitrogen and oxygen atoms in total. The number of rotatable bonds is 16. The number of ether oxygens (including phenoxy) is 1. The topological polar surface area (TPSA) is 50.7 Å². The highest BCUT2D eigenvalue weighted by molar-refractivity contribution is 5.82. The van der Waals surface area contributed by atoms with Gasteiger partial charge < -0.3 is 4.74 Å². The van der Waals surface area contributed by atoms with Crippen molar-refractivity contribution in [1.29, 1.82) is 0 Å². The number of benzene rings is 1. The predicted octanol–water partition coefficient (Wildman–Crippen LogP) is 6.24. The first-order valence-corrected chi connectivity index (χ1v) is 10.8. The van der Waals surface area contributed by atoms with Gasteiger partial charge in [-0.05, 0) is 42.7 Å². The molecule has 0 aliphatic carbocycles. The molecule has 152 valence electrons. The molecule has 1 aromatic carbocycles. The fraction of sp³-hybridized carbons (Fsp3) is 0.652. The number of carbonyl (C=O) groups is 1. The maximum atomic E-state index is 11.8. The van der Waals surface area contributed by atoms with Crippen LogP contribution < -0.4 is 10.2 Å². The fourth-order valence-electron chi connectivity index (χ4n) is 2.82. The molecule has 0 atom stereocenters. The molecule has 1 N–H and O–H groups in total. The van der Waals surface area contributed by atoms with E-state index in [1.807, 2.05) is 24.3 Å². The summed E-state index contributed by atoms with van der Waals surface area (Å²) in [5.74, 6) is 0.865. The molecule has 27 heavy (non-hydrogen) atoms. The van der Waals surface area contributed by atoms with Gasteiger partial charge in [0, 0.05) is 6.42 Å². The van der Waals surface area contributed by atoms with Crippen LogP contribution in [0.2, 0.25) is 0 Å². The van der Waals surface area contributed by atoms with Crippen molar-refractivity contribution in [3.05, 3.63) is 29.8 Å². The molecule has 0 heterocycles. The van der Waals surface area contributed by atoms with Crippen LogP contribution in [-0.2, 0) is 4.79 Å². The highest BCUT2D eigenvalue weighted by atomic mass is 16.5. The van der Waals surface area contributed by atoms with Crippen LogP contribution >= 0.6 is 0 Å². The van der Waals surface area contributed by atoms with Crippen molar-refractivity contribution in [3.8, 4) is 5.75 Å². The summed E-state index contributed by atoms with van der Waals surface area (Å²) in [4.78, 5) is 11.8. The summed E-state index contributed by atoms with van der Waals surface area (Å²) in [6.07, 6.45) is 15.7. The average molecular weight is 375 g/mol. The molecular weight excluding hydrogens is 336 g/mol. The zero-order chi connectivity index (χ0) is 19.6. The van der Waals surface area contributed by atoms with E-state index in [1.165, 1.54) is 44.9 Å². The molecule has 0 bridgehead atoms. The van der Waals surface area contributed by atoms with Crippen LogP contribution in [0.4, 0.5) is 0 Å². The molecule has 1 amide bonds. The van der Waals surface area contributed by atoms with Crippen molar-refractivity contribution >= 4 is 12.1 Å². The molecule has 0 aromatic heterocycles. The maximum Gasteiger partial charge on any atom is 0.240 e. The first kappa shape index (κ1) is 23.2. The molecule has 1 aromatic rings. The lowest BCUT2D eigenvalue weighted by Gasteiger charge is -2.05. The third-order valence-electron chi connectivity index (χ3n) is 4.56. The van der Waals surface area contributed by atoms with Crippen molar-refractivity contribution in [1.82, 2.24) is 5.43 Å². The summed E-state index contributed by atoms with van der Waals surface area (Å²) in [6.45, 7) is 5.14. The number of hydrogen-bond acceptors (Lipinski definition) is 3. The Bertz CT molecular complexity index is 512. The maximum absolute atomic E-state index is 11.8. The third kappa shape index (κ3) is 13.0. The van der Waals surface area contributed by atoms with Gasteiger partial charge in [-0.25, -0.2) is 5.43 Å². The van der Waals surface area contributed by atoms with Crippen LogP contribution in [0.1, 0.15) is 96.5 Å². The van der Waals surface area contributed by atoms with Gasteiger partial charge >= 0.3 is 0 Å². The molecular formula is C23H38N2O2. The molecule has 0 fully saturated rings. The lowest BCUT2D eigenvalue weighted by molar-refractivity contribution is -0.121. The van der Waals surface area contributed by atoms with Gasteiger partial charge in [-0.1, -0.05) is 71.6 Å². The second-order valence-corrected chi connectivity index (χ2v) is 7.14. The van der Waals surface area contributed by atoms with Gasteiger partial charge in [-0.3, -0.25) is 4.79 Å². The zero-order valence-corrected chi connectivity index (χ0v) is 17.3. The average Bonchev–Trinajstić information content (AvgIpc) is 2.68. The SMILES string of the molecule is CCCCCCCCCCCC(=O)N/N=C\c1ccc(OCCCC)cc1. The van der Waals surface area contributed by atoms with E-state index in [-0.39, 0.29) is 5.91 Å². The minimum atomic E-state index is -0.00582. The third-order valence-corrected chi connectivity index (χ3v) is 4.56. The van der Waals surface area contributed by atoms with E-state index in [1.54, 1.807) is 6.21 Å². The molecule has 1 rings (SSSR count). The Morgan fingerprint density at radius 1 is 0.889 bits per heavy atom. The van der Waals surface area contributed by atoms with Gasteiger partial charge in [-0.15, -0.1) is 0 Å². The summed E-state index contributed by atoms with van der Waals surface area (Å²) in [7, 11) is 0. The van der Waals surface area contributed by atoms with Crippen LogP contribution in [-0.4, -0.2) is 18.7 Å². The number of unbranched alkanes of at least 4 members (excludes halogenated alkanes) is 9. The summed E-state index contributed by atoms with van der Waals surface area (Å²) in [5, 5.41) is 4.04. The number of amides is 1. The lowest BCUT2D eigenvalue weighted by atomic mass is 10.1. The Balaban J connectivity index is 2.06. The summed E-state index contributed by atoms with van der Waals surface area (Å²) in [6, 6.07) is 7.75.